The lowest BCUT2D eigenvalue weighted by Crippen LogP contribution is -2.41. The van der Waals surface area contributed by atoms with E-state index in [0.29, 0.717) is 11.0 Å². The SMILES string of the molecule is CC1(C)NC(=O)N(CC(=O)OCC(=O)c2ccc(F)c(F)c2)C1=O. The average molecular weight is 340 g/mol. The van der Waals surface area contributed by atoms with Crippen LogP contribution in [-0.2, 0) is 14.3 Å². The van der Waals surface area contributed by atoms with Crippen molar-refractivity contribution in [2.45, 2.75) is 19.4 Å². The van der Waals surface area contributed by atoms with Gasteiger partial charge >= 0.3 is 12.0 Å². The van der Waals surface area contributed by atoms with Crippen LogP contribution in [0.25, 0.3) is 0 Å². The number of ether oxygens (including phenoxy) is 1. The van der Waals surface area contributed by atoms with E-state index < -0.39 is 54.0 Å². The number of hydrogen-bond donors (Lipinski definition) is 1. The summed E-state index contributed by atoms with van der Waals surface area (Å²) in [6.45, 7) is 1.58. The number of nitrogens with one attached hydrogen (secondary N) is 1. The van der Waals surface area contributed by atoms with Gasteiger partial charge in [-0.15, -0.1) is 0 Å². The van der Waals surface area contributed by atoms with Crippen molar-refractivity contribution in [1.29, 1.82) is 0 Å². The summed E-state index contributed by atoms with van der Waals surface area (Å²) < 4.78 is 30.5. The van der Waals surface area contributed by atoms with Gasteiger partial charge in [-0.2, -0.15) is 0 Å². The molecule has 2 rings (SSSR count). The molecule has 0 radical (unpaired) electrons. The van der Waals surface area contributed by atoms with Crippen molar-refractivity contribution in [3.05, 3.63) is 35.4 Å². The Kier molecular flexibility index (Phi) is 4.63. The number of carbonyl (C=O) groups is 4. The summed E-state index contributed by atoms with van der Waals surface area (Å²) in [5.74, 6) is -4.64. The lowest BCUT2D eigenvalue weighted by Gasteiger charge is -2.15. The normalized spacial score (nSPS) is 16.1. The number of benzene rings is 1. The standard InChI is InChI=1S/C15H14F2N2O5/c1-15(2)13(22)19(14(23)18-15)6-12(21)24-7-11(20)8-3-4-9(16)10(17)5-8/h3-5H,6-7H2,1-2H3,(H,18,23). The summed E-state index contributed by atoms with van der Waals surface area (Å²) in [6.07, 6.45) is 0. The van der Waals surface area contributed by atoms with Gasteiger partial charge in [0.15, 0.2) is 24.0 Å². The second kappa shape index (κ2) is 6.34. The van der Waals surface area contributed by atoms with Crippen LogP contribution in [0, 0.1) is 11.6 Å². The Hall–Kier alpha value is -2.84. The van der Waals surface area contributed by atoms with E-state index in [9.17, 15) is 28.0 Å². The van der Waals surface area contributed by atoms with Gasteiger partial charge in [0.25, 0.3) is 5.91 Å². The third-order valence-corrected chi connectivity index (χ3v) is 3.34. The molecule has 1 saturated heterocycles. The first-order valence-electron chi connectivity index (χ1n) is 6.90. The number of rotatable bonds is 5. The molecule has 0 atom stereocenters. The van der Waals surface area contributed by atoms with Gasteiger partial charge in [-0.3, -0.25) is 19.3 Å². The molecular weight excluding hydrogens is 326 g/mol. The predicted molar refractivity (Wildman–Crippen MR) is 76.0 cm³/mol. The molecule has 1 N–H and O–H groups in total. The fraction of sp³-hybridized carbons (Fsp3) is 0.333. The summed E-state index contributed by atoms with van der Waals surface area (Å²) in [4.78, 5) is 47.6. The van der Waals surface area contributed by atoms with Crippen molar-refractivity contribution in [2.75, 3.05) is 13.2 Å². The molecular formula is C15H14F2N2O5. The maximum absolute atomic E-state index is 13.0. The third-order valence-electron chi connectivity index (χ3n) is 3.34. The number of urea groups is 1. The molecule has 3 amide bonds. The Balaban J connectivity index is 1.91. The molecule has 24 heavy (non-hydrogen) atoms. The number of nitrogens with zero attached hydrogens (tertiary/aromatic N) is 1. The van der Waals surface area contributed by atoms with Crippen LogP contribution in [0.3, 0.4) is 0 Å². The van der Waals surface area contributed by atoms with E-state index in [4.69, 9.17) is 0 Å². The van der Waals surface area contributed by atoms with Crippen molar-refractivity contribution in [1.82, 2.24) is 10.2 Å². The highest BCUT2D eigenvalue weighted by Gasteiger charge is 2.45. The van der Waals surface area contributed by atoms with Crippen LogP contribution in [-0.4, -0.2) is 47.3 Å². The molecule has 9 heteroatoms. The summed E-state index contributed by atoms with van der Waals surface area (Å²) in [5.41, 5.74) is -1.29. The molecule has 0 saturated carbocycles. The maximum atomic E-state index is 13.0. The largest absolute Gasteiger partial charge is 0.456 e. The predicted octanol–water partition coefficient (Wildman–Crippen LogP) is 1.02. The van der Waals surface area contributed by atoms with E-state index >= 15 is 0 Å². The first-order valence-corrected chi connectivity index (χ1v) is 6.90. The lowest BCUT2D eigenvalue weighted by atomic mass is 10.1. The number of amides is 3. The first-order chi connectivity index (χ1) is 11.1. The van der Waals surface area contributed by atoms with Crippen molar-refractivity contribution in [2.24, 2.45) is 0 Å². The van der Waals surface area contributed by atoms with Crippen molar-refractivity contribution < 1.29 is 32.7 Å². The van der Waals surface area contributed by atoms with E-state index in [1.807, 2.05) is 0 Å². The Morgan fingerprint density at radius 1 is 1.21 bits per heavy atom. The highest BCUT2D eigenvalue weighted by atomic mass is 19.2. The summed E-state index contributed by atoms with van der Waals surface area (Å²) in [6, 6.07) is 1.77. The van der Waals surface area contributed by atoms with Gasteiger partial charge in [0.1, 0.15) is 12.1 Å². The van der Waals surface area contributed by atoms with E-state index in [0.717, 1.165) is 12.1 Å². The molecule has 1 aliphatic heterocycles. The molecule has 0 aromatic heterocycles. The Bertz CT molecular complexity index is 733. The van der Waals surface area contributed by atoms with E-state index in [-0.39, 0.29) is 5.56 Å². The van der Waals surface area contributed by atoms with Gasteiger partial charge in [-0.1, -0.05) is 0 Å². The van der Waals surface area contributed by atoms with Crippen LogP contribution in [0.4, 0.5) is 13.6 Å². The second-order valence-corrected chi connectivity index (χ2v) is 5.66. The molecule has 1 aromatic carbocycles. The number of imide groups is 1. The van der Waals surface area contributed by atoms with E-state index in [1.165, 1.54) is 13.8 Å². The number of esters is 1. The summed E-state index contributed by atoms with van der Waals surface area (Å²) in [5, 5.41) is 2.39. The van der Waals surface area contributed by atoms with Crippen LogP contribution in [0.15, 0.2) is 18.2 Å². The van der Waals surface area contributed by atoms with Crippen LogP contribution >= 0.6 is 0 Å². The third kappa shape index (κ3) is 3.55. The van der Waals surface area contributed by atoms with Crippen LogP contribution in [0.2, 0.25) is 0 Å². The quantitative estimate of drug-likeness (QED) is 0.491. The zero-order chi connectivity index (χ0) is 18.1. The molecule has 7 nitrogen and oxygen atoms in total. The lowest BCUT2D eigenvalue weighted by molar-refractivity contribution is -0.146. The topological polar surface area (TPSA) is 92.8 Å². The Morgan fingerprint density at radius 3 is 2.42 bits per heavy atom. The van der Waals surface area contributed by atoms with Crippen LogP contribution in [0.5, 0.6) is 0 Å². The van der Waals surface area contributed by atoms with Crippen molar-refractivity contribution >= 4 is 23.7 Å². The van der Waals surface area contributed by atoms with Gasteiger partial charge < -0.3 is 10.1 Å². The van der Waals surface area contributed by atoms with Crippen LogP contribution < -0.4 is 5.32 Å². The molecule has 0 spiro atoms. The Labute approximate surface area is 135 Å². The van der Waals surface area contributed by atoms with Gasteiger partial charge in [-0.05, 0) is 32.0 Å². The minimum absolute atomic E-state index is 0.169. The number of carbonyl (C=O) groups excluding carboxylic acids is 4. The average Bonchev–Trinajstić information content (AvgIpc) is 2.69. The first kappa shape index (κ1) is 17.5. The van der Waals surface area contributed by atoms with Crippen molar-refractivity contribution in [3.8, 4) is 0 Å². The molecule has 0 aliphatic carbocycles. The summed E-state index contributed by atoms with van der Waals surface area (Å²) >= 11 is 0. The molecule has 0 unspecified atom stereocenters. The van der Waals surface area contributed by atoms with Gasteiger partial charge in [-0.25, -0.2) is 13.6 Å². The maximum Gasteiger partial charge on any atom is 0.326 e. The highest BCUT2D eigenvalue weighted by Crippen LogP contribution is 2.16. The number of halogens is 2. The molecule has 1 heterocycles. The monoisotopic (exact) mass is 340 g/mol. The number of ketones is 1. The van der Waals surface area contributed by atoms with E-state index in [1.54, 1.807) is 0 Å². The fourth-order valence-electron chi connectivity index (χ4n) is 2.04. The van der Waals surface area contributed by atoms with Crippen LogP contribution in [0.1, 0.15) is 24.2 Å². The molecule has 0 bridgehead atoms. The molecule has 1 fully saturated rings. The smallest absolute Gasteiger partial charge is 0.326 e. The number of Topliss-reactive ketones (excluding diaryl/α,β-unsaturated/α-hetero) is 1. The second-order valence-electron chi connectivity index (χ2n) is 5.66. The van der Waals surface area contributed by atoms with Crippen molar-refractivity contribution in [3.63, 3.8) is 0 Å². The minimum Gasteiger partial charge on any atom is -0.456 e. The zero-order valence-electron chi connectivity index (χ0n) is 12.9. The molecule has 1 aliphatic rings. The van der Waals surface area contributed by atoms with E-state index in [2.05, 4.69) is 10.1 Å². The molecule has 1 aromatic rings. The highest BCUT2D eigenvalue weighted by molar-refractivity contribution is 6.08. The number of hydrogen-bond acceptors (Lipinski definition) is 5. The summed E-state index contributed by atoms with van der Waals surface area (Å²) in [7, 11) is 0. The van der Waals surface area contributed by atoms with Gasteiger partial charge in [0.05, 0.1) is 0 Å². The van der Waals surface area contributed by atoms with Gasteiger partial charge in [0.2, 0.25) is 0 Å². The minimum atomic E-state index is -1.20. The molecule has 128 valence electrons. The fourth-order valence-corrected chi connectivity index (χ4v) is 2.04. The Morgan fingerprint density at radius 2 is 1.88 bits per heavy atom. The van der Waals surface area contributed by atoms with Gasteiger partial charge in [0, 0.05) is 5.56 Å². The zero-order valence-corrected chi connectivity index (χ0v) is 12.9.